The van der Waals surface area contributed by atoms with Gasteiger partial charge in [-0.1, -0.05) is 35.8 Å². The molecule has 19 heavy (non-hydrogen) atoms. The van der Waals surface area contributed by atoms with Crippen LogP contribution in [0.3, 0.4) is 0 Å². The second-order valence-electron chi connectivity index (χ2n) is 4.34. The molecule has 0 saturated heterocycles. The third-order valence-corrected chi connectivity index (χ3v) is 3.34. The van der Waals surface area contributed by atoms with E-state index < -0.39 is 0 Å². The molecule has 104 valence electrons. The topological polar surface area (TPSA) is 50.7 Å². The van der Waals surface area contributed by atoms with E-state index in [9.17, 15) is 4.79 Å². The van der Waals surface area contributed by atoms with Gasteiger partial charge in [0.1, 0.15) is 5.75 Å². The summed E-state index contributed by atoms with van der Waals surface area (Å²) in [4.78, 5) is 11.6. The molecule has 0 aliphatic rings. The molecular formula is C14H19BrN2O2. The van der Waals surface area contributed by atoms with Crippen molar-refractivity contribution in [1.82, 2.24) is 5.43 Å². The molecule has 1 N–H and O–H groups in total. The number of carbonyl (C=O) groups is 1. The Bertz CT molecular complexity index is 461. The summed E-state index contributed by atoms with van der Waals surface area (Å²) in [7, 11) is 0. The molecule has 0 aromatic heterocycles. The molecular weight excluding hydrogens is 308 g/mol. The fraction of sp³-hybridized carbons (Fsp3) is 0.429. The van der Waals surface area contributed by atoms with Crippen LogP contribution in [-0.4, -0.2) is 18.2 Å². The van der Waals surface area contributed by atoms with Crippen LogP contribution >= 0.6 is 15.9 Å². The van der Waals surface area contributed by atoms with Gasteiger partial charge in [0.25, 0.3) is 5.91 Å². The normalized spacial score (nSPS) is 12.9. The third kappa shape index (κ3) is 5.87. The Hall–Kier alpha value is -1.36. The number of nitrogens with one attached hydrogen (secondary N) is 1. The van der Waals surface area contributed by atoms with E-state index in [2.05, 4.69) is 40.3 Å². The zero-order valence-corrected chi connectivity index (χ0v) is 13.0. The summed E-state index contributed by atoms with van der Waals surface area (Å²) in [5.41, 5.74) is 3.41. The minimum absolute atomic E-state index is 0.0479. The van der Waals surface area contributed by atoms with E-state index >= 15 is 0 Å². The van der Waals surface area contributed by atoms with Gasteiger partial charge < -0.3 is 4.74 Å². The zero-order valence-electron chi connectivity index (χ0n) is 11.4. The van der Waals surface area contributed by atoms with Crippen LogP contribution in [0.15, 0.2) is 33.8 Å². The number of amides is 1. The lowest BCUT2D eigenvalue weighted by molar-refractivity contribution is -0.123. The van der Waals surface area contributed by atoms with E-state index in [1.54, 1.807) is 12.1 Å². The van der Waals surface area contributed by atoms with Crippen molar-refractivity contribution in [3.63, 3.8) is 0 Å². The molecule has 0 unspecified atom stereocenters. The predicted molar refractivity (Wildman–Crippen MR) is 80.3 cm³/mol. The van der Waals surface area contributed by atoms with Crippen LogP contribution < -0.4 is 10.2 Å². The van der Waals surface area contributed by atoms with Crippen molar-refractivity contribution in [3.8, 4) is 5.75 Å². The number of hydrogen-bond donors (Lipinski definition) is 1. The van der Waals surface area contributed by atoms with Crippen molar-refractivity contribution < 1.29 is 9.53 Å². The van der Waals surface area contributed by atoms with Crippen LogP contribution in [0.25, 0.3) is 0 Å². The maximum absolute atomic E-state index is 11.6. The summed E-state index contributed by atoms with van der Waals surface area (Å²) in [6.45, 7) is 6.02. The molecule has 1 amide bonds. The molecule has 0 heterocycles. The summed E-state index contributed by atoms with van der Waals surface area (Å²) < 4.78 is 6.27. The highest BCUT2D eigenvalue weighted by atomic mass is 79.9. The van der Waals surface area contributed by atoms with Crippen LogP contribution in [0.1, 0.15) is 27.2 Å². The summed E-state index contributed by atoms with van der Waals surface area (Å²) >= 11 is 3.34. The molecule has 5 heteroatoms. The van der Waals surface area contributed by atoms with Crippen molar-refractivity contribution >= 4 is 27.5 Å². The average Bonchev–Trinajstić information content (AvgIpc) is 2.41. The zero-order chi connectivity index (χ0) is 14.3. The van der Waals surface area contributed by atoms with E-state index in [0.29, 0.717) is 11.7 Å². The lowest BCUT2D eigenvalue weighted by Crippen LogP contribution is -2.26. The van der Waals surface area contributed by atoms with Gasteiger partial charge in [0.2, 0.25) is 0 Å². The lowest BCUT2D eigenvalue weighted by Gasteiger charge is -2.08. The molecule has 0 aliphatic heterocycles. The molecule has 1 rings (SSSR count). The number of benzene rings is 1. The summed E-state index contributed by atoms with van der Waals surface area (Å²) in [5, 5.41) is 4.05. The first-order valence-corrected chi connectivity index (χ1v) is 7.03. The highest BCUT2D eigenvalue weighted by Gasteiger charge is 2.05. The first-order valence-electron chi connectivity index (χ1n) is 6.24. The summed E-state index contributed by atoms with van der Waals surface area (Å²) in [6, 6.07) is 7.35. The van der Waals surface area contributed by atoms with E-state index in [0.717, 1.165) is 16.6 Å². The van der Waals surface area contributed by atoms with Gasteiger partial charge in [0, 0.05) is 10.2 Å². The van der Waals surface area contributed by atoms with Crippen molar-refractivity contribution in [2.45, 2.75) is 27.2 Å². The van der Waals surface area contributed by atoms with Crippen molar-refractivity contribution in [1.29, 1.82) is 0 Å². The van der Waals surface area contributed by atoms with E-state index in [1.807, 2.05) is 19.1 Å². The molecule has 1 aromatic rings. The van der Waals surface area contributed by atoms with Gasteiger partial charge in [-0.25, -0.2) is 5.43 Å². The van der Waals surface area contributed by atoms with E-state index in [4.69, 9.17) is 4.74 Å². The Labute approximate surface area is 122 Å². The molecule has 0 fully saturated rings. The number of nitrogens with zero attached hydrogens (tertiary/aromatic N) is 1. The van der Waals surface area contributed by atoms with Crippen LogP contribution in [0, 0.1) is 5.92 Å². The number of hydrazone groups is 1. The van der Waals surface area contributed by atoms with E-state index in [1.165, 1.54) is 0 Å². The van der Waals surface area contributed by atoms with E-state index in [-0.39, 0.29) is 12.5 Å². The smallest absolute Gasteiger partial charge is 0.277 e. The van der Waals surface area contributed by atoms with Crippen molar-refractivity contribution in [3.05, 3.63) is 28.7 Å². The first-order chi connectivity index (χ1) is 9.02. The monoisotopic (exact) mass is 326 g/mol. The second kappa shape index (κ2) is 7.94. The van der Waals surface area contributed by atoms with Crippen molar-refractivity contribution in [2.75, 3.05) is 6.61 Å². The Morgan fingerprint density at radius 1 is 1.53 bits per heavy atom. The quantitative estimate of drug-likeness (QED) is 0.643. The predicted octanol–water partition coefficient (Wildman–Crippen LogP) is 3.37. The SMILES string of the molecule is CC[C@H](C)/C(C)=N\NC(=O)COc1cccc(Br)c1. The molecule has 0 bridgehead atoms. The number of halogens is 1. The highest BCUT2D eigenvalue weighted by molar-refractivity contribution is 9.10. The van der Waals surface area contributed by atoms with Crippen LogP contribution in [-0.2, 0) is 4.79 Å². The number of rotatable bonds is 6. The minimum Gasteiger partial charge on any atom is -0.484 e. The fourth-order valence-corrected chi connectivity index (χ4v) is 1.67. The van der Waals surface area contributed by atoms with Crippen LogP contribution in [0.4, 0.5) is 0 Å². The molecule has 0 spiro atoms. The fourth-order valence-electron chi connectivity index (χ4n) is 1.29. The molecule has 1 aromatic carbocycles. The Morgan fingerprint density at radius 2 is 2.26 bits per heavy atom. The summed E-state index contributed by atoms with van der Waals surface area (Å²) in [5.74, 6) is 0.751. The molecule has 0 saturated carbocycles. The lowest BCUT2D eigenvalue weighted by atomic mass is 10.1. The van der Waals surface area contributed by atoms with Gasteiger partial charge in [-0.3, -0.25) is 4.79 Å². The molecule has 4 nitrogen and oxygen atoms in total. The molecule has 1 atom stereocenters. The van der Waals surface area contributed by atoms with Gasteiger partial charge in [0.15, 0.2) is 6.61 Å². The Morgan fingerprint density at radius 3 is 2.89 bits per heavy atom. The number of hydrogen-bond acceptors (Lipinski definition) is 3. The third-order valence-electron chi connectivity index (χ3n) is 2.85. The maximum atomic E-state index is 11.6. The summed E-state index contributed by atoms with van der Waals surface area (Å²) in [6.07, 6.45) is 1.000. The minimum atomic E-state index is -0.261. The van der Waals surface area contributed by atoms with Gasteiger partial charge in [-0.2, -0.15) is 5.10 Å². The van der Waals surface area contributed by atoms with Crippen LogP contribution in [0.2, 0.25) is 0 Å². The van der Waals surface area contributed by atoms with Gasteiger partial charge >= 0.3 is 0 Å². The Balaban J connectivity index is 2.40. The van der Waals surface area contributed by atoms with Gasteiger partial charge in [-0.05, 0) is 37.5 Å². The van der Waals surface area contributed by atoms with Crippen LogP contribution in [0.5, 0.6) is 5.75 Å². The van der Waals surface area contributed by atoms with Crippen molar-refractivity contribution in [2.24, 2.45) is 11.0 Å². The molecule has 0 radical (unpaired) electrons. The van der Waals surface area contributed by atoms with Gasteiger partial charge in [0.05, 0.1) is 0 Å². The molecule has 0 aliphatic carbocycles. The maximum Gasteiger partial charge on any atom is 0.277 e. The average molecular weight is 327 g/mol. The second-order valence-corrected chi connectivity index (χ2v) is 5.26. The number of ether oxygens (including phenoxy) is 1. The number of carbonyl (C=O) groups excluding carboxylic acids is 1. The highest BCUT2D eigenvalue weighted by Crippen LogP contribution is 2.17. The largest absolute Gasteiger partial charge is 0.484 e. The van der Waals surface area contributed by atoms with Gasteiger partial charge in [-0.15, -0.1) is 0 Å². The first kappa shape index (κ1) is 15.7. The standard InChI is InChI=1S/C14H19BrN2O2/c1-4-10(2)11(3)16-17-14(18)9-19-13-7-5-6-12(15)8-13/h5-8,10H,4,9H2,1-3H3,(H,17,18)/b16-11-/t10-/m0/s1. The Kier molecular flexibility index (Phi) is 6.56.